The number of benzene rings is 1. The second-order valence-corrected chi connectivity index (χ2v) is 7.13. The van der Waals surface area contributed by atoms with E-state index in [1.165, 1.54) is 12.1 Å². The molecule has 0 aliphatic carbocycles. The van der Waals surface area contributed by atoms with Crippen LogP contribution in [0.5, 0.6) is 0 Å². The van der Waals surface area contributed by atoms with Crippen LogP contribution in [0.3, 0.4) is 0 Å². The monoisotopic (exact) mass is 368 g/mol. The number of hydroxylamine groups is 2. The Hall–Kier alpha value is -2.77. The van der Waals surface area contributed by atoms with Crippen LogP contribution in [-0.2, 0) is 19.5 Å². The summed E-state index contributed by atoms with van der Waals surface area (Å²) in [6, 6.07) is 8.45. The van der Waals surface area contributed by atoms with Crippen LogP contribution in [0.1, 0.15) is 27.3 Å². The van der Waals surface area contributed by atoms with E-state index in [4.69, 9.17) is 0 Å². The van der Waals surface area contributed by atoms with Crippen molar-refractivity contribution >= 4 is 16.8 Å². The van der Waals surface area contributed by atoms with Crippen molar-refractivity contribution < 1.29 is 14.4 Å². The molecule has 0 saturated carbocycles. The van der Waals surface area contributed by atoms with Crippen LogP contribution in [0.25, 0.3) is 10.9 Å². The Morgan fingerprint density at radius 2 is 1.96 bits per heavy atom. The Morgan fingerprint density at radius 3 is 2.67 bits per heavy atom. The number of rotatable bonds is 4. The molecule has 0 radical (unpaired) electrons. The van der Waals surface area contributed by atoms with Crippen LogP contribution in [0.15, 0.2) is 36.5 Å². The van der Waals surface area contributed by atoms with Gasteiger partial charge in [-0.15, -0.1) is 0 Å². The van der Waals surface area contributed by atoms with Gasteiger partial charge in [0.15, 0.2) is 0 Å². The van der Waals surface area contributed by atoms with E-state index >= 15 is 0 Å². The molecule has 1 N–H and O–H groups in total. The van der Waals surface area contributed by atoms with Crippen molar-refractivity contribution in [3.05, 3.63) is 64.9 Å². The van der Waals surface area contributed by atoms with Gasteiger partial charge in [0.05, 0.1) is 17.8 Å². The lowest BCUT2D eigenvalue weighted by atomic mass is 10.00. The average Bonchev–Trinajstić information content (AvgIpc) is 3.04. The zero-order valence-electron chi connectivity index (χ0n) is 15.3. The summed E-state index contributed by atoms with van der Waals surface area (Å²) in [6.07, 6.45) is 2.54. The molecular weight excluding hydrogens is 347 g/mol. The lowest BCUT2D eigenvalue weighted by molar-refractivity contribution is -0.0606. The van der Waals surface area contributed by atoms with E-state index < -0.39 is 5.91 Å². The molecule has 2 aromatic heterocycles. The second-order valence-electron chi connectivity index (χ2n) is 7.13. The molecule has 3 aromatic rings. The van der Waals surface area contributed by atoms with Crippen LogP contribution in [0, 0.1) is 5.82 Å². The first-order chi connectivity index (χ1) is 12.9. The van der Waals surface area contributed by atoms with Gasteiger partial charge in [0.1, 0.15) is 11.5 Å². The Labute approximate surface area is 156 Å². The van der Waals surface area contributed by atoms with Crippen LogP contribution < -0.4 is 0 Å². The first-order valence-corrected chi connectivity index (χ1v) is 8.84. The highest BCUT2D eigenvalue weighted by Crippen LogP contribution is 2.30. The summed E-state index contributed by atoms with van der Waals surface area (Å²) < 4.78 is 15.3. The van der Waals surface area contributed by atoms with E-state index in [0.29, 0.717) is 25.2 Å². The predicted octanol–water partition coefficient (Wildman–Crippen LogP) is 2.67. The van der Waals surface area contributed by atoms with Crippen LogP contribution >= 0.6 is 0 Å². The molecule has 1 aliphatic rings. The van der Waals surface area contributed by atoms with Gasteiger partial charge < -0.3 is 9.47 Å². The molecule has 0 bridgehead atoms. The molecule has 7 heteroatoms. The molecule has 0 unspecified atom stereocenters. The zero-order valence-corrected chi connectivity index (χ0v) is 15.3. The highest BCUT2D eigenvalue weighted by atomic mass is 19.1. The molecule has 1 amide bonds. The first-order valence-electron chi connectivity index (χ1n) is 8.84. The molecule has 0 spiro atoms. The zero-order chi connectivity index (χ0) is 19.1. The maximum Gasteiger partial charge on any atom is 0.296 e. The standard InChI is InChI=1S/C20H21FN4O2/c1-23(2)12-17-19-16(15-8-10-25(27)20(26)18(15)22-17)7-9-24(19)11-13-3-5-14(21)6-4-13/h3-7,9,27H,8,10-12H2,1-2H3. The molecular formula is C20H21FN4O2. The fraction of sp³-hybridized carbons (Fsp3) is 0.300. The molecule has 0 atom stereocenters. The number of hydrogen-bond acceptors (Lipinski definition) is 4. The van der Waals surface area contributed by atoms with E-state index in [-0.39, 0.29) is 12.4 Å². The van der Waals surface area contributed by atoms with Gasteiger partial charge >= 0.3 is 0 Å². The van der Waals surface area contributed by atoms with Crippen LogP contribution in [-0.4, -0.2) is 51.3 Å². The summed E-state index contributed by atoms with van der Waals surface area (Å²) in [5, 5.41) is 11.5. The topological polar surface area (TPSA) is 61.6 Å². The van der Waals surface area contributed by atoms with Crippen molar-refractivity contribution in [2.45, 2.75) is 19.5 Å². The van der Waals surface area contributed by atoms with E-state index in [2.05, 4.69) is 9.55 Å². The predicted molar refractivity (Wildman–Crippen MR) is 99.2 cm³/mol. The van der Waals surface area contributed by atoms with E-state index in [9.17, 15) is 14.4 Å². The molecule has 3 heterocycles. The van der Waals surface area contributed by atoms with Crippen molar-refractivity contribution in [1.82, 2.24) is 19.5 Å². The first kappa shape index (κ1) is 17.6. The number of pyridine rings is 1. The molecule has 27 heavy (non-hydrogen) atoms. The number of carbonyl (C=O) groups excluding carboxylic acids is 1. The Kier molecular flexibility index (Phi) is 4.41. The van der Waals surface area contributed by atoms with Gasteiger partial charge in [-0.3, -0.25) is 10.0 Å². The lowest BCUT2D eigenvalue weighted by Crippen LogP contribution is -2.36. The van der Waals surface area contributed by atoms with Crippen molar-refractivity contribution in [1.29, 1.82) is 0 Å². The smallest absolute Gasteiger partial charge is 0.296 e. The number of hydrogen-bond donors (Lipinski definition) is 1. The van der Waals surface area contributed by atoms with Gasteiger partial charge in [-0.1, -0.05) is 12.1 Å². The maximum absolute atomic E-state index is 13.2. The largest absolute Gasteiger partial charge is 0.342 e. The van der Waals surface area contributed by atoms with Crippen molar-refractivity contribution in [3.63, 3.8) is 0 Å². The fourth-order valence-electron chi connectivity index (χ4n) is 3.62. The summed E-state index contributed by atoms with van der Waals surface area (Å²) in [7, 11) is 3.89. The van der Waals surface area contributed by atoms with Crippen molar-refractivity contribution in [2.75, 3.05) is 20.6 Å². The molecule has 0 fully saturated rings. The molecule has 1 aliphatic heterocycles. The number of aromatic nitrogens is 2. The van der Waals surface area contributed by atoms with Gasteiger partial charge in [-0.25, -0.2) is 14.4 Å². The Bertz CT molecular complexity index is 1010. The van der Waals surface area contributed by atoms with Gasteiger partial charge in [-0.05, 0) is 49.8 Å². The fourth-order valence-corrected chi connectivity index (χ4v) is 3.62. The molecule has 0 saturated heterocycles. The number of halogens is 1. The van der Waals surface area contributed by atoms with Gasteiger partial charge in [0, 0.05) is 24.7 Å². The van der Waals surface area contributed by atoms with Gasteiger partial charge in [-0.2, -0.15) is 0 Å². The third kappa shape index (κ3) is 3.20. The summed E-state index contributed by atoms with van der Waals surface area (Å²) in [4.78, 5) is 19.0. The van der Waals surface area contributed by atoms with E-state index in [0.717, 1.165) is 32.8 Å². The van der Waals surface area contributed by atoms with Crippen molar-refractivity contribution in [2.24, 2.45) is 0 Å². The summed E-state index contributed by atoms with van der Waals surface area (Å²) >= 11 is 0. The molecule has 1 aromatic carbocycles. The quantitative estimate of drug-likeness (QED) is 0.720. The lowest BCUT2D eigenvalue weighted by Gasteiger charge is -2.24. The highest BCUT2D eigenvalue weighted by molar-refractivity contribution is 6.00. The minimum absolute atomic E-state index is 0.257. The number of nitrogens with zero attached hydrogens (tertiary/aromatic N) is 4. The van der Waals surface area contributed by atoms with E-state index in [1.54, 1.807) is 12.1 Å². The third-order valence-corrected chi connectivity index (χ3v) is 4.84. The van der Waals surface area contributed by atoms with Gasteiger partial charge in [0.2, 0.25) is 0 Å². The van der Waals surface area contributed by atoms with E-state index in [1.807, 2.05) is 31.3 Å². The summed E-state index contributed by atoms with van der Waals surface area (Å²) in [5.41, 5.74) is 3.95. The van der Waals surface area contributed by atoms with Crippen LogP contribution in [0.2, 0.25) is 0 Å². The second kappa shape index (κ2) is 6.75. The summed E-state index contributed by atoms with van der Waals surface area (Å²) in [6.45, 7) is 1.42. The minimum atomic E-state index is -0.454. The Morgan fingerprint density at radius 1 is 1.22 bits per heavy atom. The Balaban J connectivity index is 1.86. The third-order valence-electron chi connectivity index (χ3n) is 4.84. The number of carbonyl (C=O) groups is 1. The number of amides is 1. The average molecular weight is 368 g/mol. The van der Waals surface area contributed by atoms with Crippen molar-refractivity contribution in [3.8, 4) is 0 Å². The minimum Gasteiger partial charge on any atom is -0.342 e. The molecule has 140 valence electrons. The SMILES string of the molecule is CN(C)Cc1nc2c(c3ccn(Cc4ccc(F)cc4)c13)CCN(O)C2=O. The molecule has 4 rings (SSSR count). The van der Waals surface area contributed by atoms with Gasteiger partial charge in [0.25, 0.3) is 5.91 Å². The molecule has 6 nitrogen and oxygen atoms in total. The summed E-state index contributed by atoms with van der Waals surface area (Å²) in [5.74, 6) is -0.711. The normalized spacial score (nSPS) is 14.3. The highest BCUT2D eigenvalue weighted by Gasteiger charge is 2.28. The van der Waals surface area contributed by atoms with Crippen LogP contribution in [0.4, 0.5) is 4.39 Å². The maximum atomic E-state index is 13.2. The number of fused-ring (bicyclic) bond motifs is 3.